The summed E-state index contributed by atoms with van der Waals surface area (Å²) >= 11 is 0. The first-order chi connectivity index (χ1) is 18.8. The summed E-state index contributed by atoms with van der Waals surface area (Å²) in [7, 11) is 3.47. The van der Waals surface area contributed by atoms with Crippen LogP contribution in [-0.4, -0.2) is 43.9 Å². The van der Waals surface area contributed by atoms with Gasteiger partial charge in [0.1, 0.15) is 5.82 Å². The Hall–Kier alpha value is -4.24. The van der Waals surface area contributed by atoms with Gasteiger partial charge in [0, 0.05) is 27.5 Å². The van der Waals surface area contributed by atoms with Gasteiger partial charge in [0.15, 0.2) is 11.5 Å². The van der Waals surface area contributed by atoms with Crippen molar-refractivity contribution < 1.29 is 27.6 Å². The molecule has 0 aliphatic heterocycles. The van der Waals surface area contributed by atoms with E-state index >= 15 is 0 Å². The highest BCUT2D eigenvalue weighted by Crippen LogP contribution is 2.44. The maximum atomic E-state index is 14.2. The predicted octanol–water partition coefficient (Wildman–Crippen LogP) is 5.46. The first kappa shape index (κ1) is 27.8. The second-order valence-electron chi connectivity index (χ2n) is 8.77. The van der Waals surface area contributed by atoms with E-state index in [9.17, 15) is 13.4 Å². The molecule has 3 aromatic carbocycles. The fourth-order valence-electron chi connectivity index (χ4n) is 4.50. The summed E-state index contributed by atoms with van der Waals surface area (Å²) < 4.78 is 42.1. The number of benzene rings is 3. The van der Waals surface area contributed by atoms with Gasteiger partial charge in [-0.3, -0.25) is 9.00 Å². The van der Waals surface area contributed by atoms with Crippen LogP contribution in [0.1, 0.15) is 35.6 Å². The molecule has 0 spiro atoms. The van der Waals surface area contributed by atoms with Gasteiger partial charge in [0.2, 0.25) is 11.7 Å². The number of halogens is 1. The van der Waals surface area contributed by atoms with Crippen LogP contribution in [0.15, 0.2) is 70.2 Å². The van der Waals surface area contributed by atoms with Crippen LogP contribution in [-0.2, 0) is 15.6 Å². The van der Waals surface area contributed by atoms with Crippen molar-refractivity contribution in [1.29, 1.82) is 0 Å². The Bertz CT molecular complexity index is 1530. The fourth-order valence-corrected chi connectivity index (χ4v) is 5.02. The van der Waals surface area contributed by atoms with Gasteiger partial charge in [-0.05, 0) is 82.8 Å². The van der Waals surface area contributed by atoms with Gasteiger partial charge < -0.3 is 14.2 Å². The molecule has 39 heavy (non-hydrogen) atoms. The lowest BCUT2D eigenvalue weighted by atomic mass is 10.0. The maximum absolute atomic E-state index is 14.2. The summed E-state index contributed by atoms with van der Waals surface area (Å²) in [6.45, 7) is 1.92. The van der Waals surface area contributed by atoms with Gasteiger partial charge in [-0.25, -0.2) is 9.82 Å². The van der Waals surface area contributed by atoms with Crippen molar-refractivity contribution in [2.75, 3.05) is 27.6 Å². The number of hydrogen-bond acceptors (Lipinski definition) is 6. The number of fused-ring (bicyclic) bond motifs is 1. The van der Waals surface area contributed by atoms with Crippen molar-refractivity contribution in [3.63, 3.8) is 0 Å². The predicted molar refractivity (Wildman–Crippen MR) is 152 cm³/mol. The van der Waals surface area contributed by atoms with Crippen LogP contribution < -0.4 is 19.6 Å². The monoisotopic (exact) mass is 548 g/mol. The number of hydrazone groups is 1. The van der Waals surface area contributed by atoms with Crippen molar-refractivity contribution >= 4 is 40.1 Å². The minimum atomic E-state index is -1.07. The van der Waals surface area contributed by atoms with Crippen LogP contribution in [0.3, 0.4) is 0 Å². The zero-order chi connectivity index (χ0) is 28.1. The standard InChI is InChI=1S/C30H29FN2O5S/c1-18-24(14-19-6-10-22(11-7-19)39(5)35)23-12-9-21(31)15-26(23)25(18)16-28(34)33-32-17-20-8-13-27(36-2)30(38-4)29(20)37-3/h6-15,17H,16H2,1-5H3,(H,33,34)/b24-14-,32-17-. The van der Waals surface area contributed by atoms with Crippen LogP contribution in [0, 0.1) is 5.82 Å². The number of ether oxygens (including phenoxy) is 3. The number of amides is 1. The van der Waals surface area contributed by atoms with Gasteiger partial charge in [0.05, 0.1) is 34.0 Å². The van der Waals surface area contributed by atoms with E-state index in [1.165, 1.54) is 39.7 Å². The average molecular weight is 549 g/mol. The van der Waals surface area contributed by atoms with Crippen LogP contribution in [0.5, 0.6) is 17.2 Å². The number of nitrogens with one attached hydrogen (secondary N) is 1. The third kappa shape index (κ3) is 5.93. The lowest BCUT2D eigenvalue weighted by Gasteiger charge is -2.13. The Kier molecular flexibility index (Phi) is 8.61. The van der Waals surface area contributed by atoms with Gasteiger partial charge in [-0.2, -0.15) is 5.10 Å². The molecule has 0 radical (unpaired) electrons. The van der Waals surface area contributed by atoms with E-state index in [0.717, 1.165) is 32.7 Å². The molecule has 0 saturated heterocycles. The fraction of sp³-hybridized carbons (Fsp3) is 0.200. The Morgan fingerprint density at radius 2 is 1.69 bits per heavy atom. The van der Waals surface area contributed by atoms with E-state index < -0.39 is 10.8 Å². The van der Waals surface area contributed by atoms with Gasteiger partial charge >= 0.3 is 0 Å². The smallest absolute Gasteiger partial charge is 0.244 e. The van der Waals surface area contributed by atoms with Crippen molar-refractivity contribution in [3.8, 4) is 17.2 Å². The SMILES string of the molecule is COc1ccc(/C=N\NC(=O)CC2=C(C)/C(=C/c3ccc(S(C)=O)cc3)c3ccc(F)cc32)c(OC)c1OC. The quantitative estimate of drug-likeness (QED) is 0.284. The molecule has 0 saturated carbocycles. The second-order valence-corrected chi connectivity index (χ2v) is 10.1. The third-order valence-corrected chi connectivity index (χ3v) is 7.38. The van der Waals surface area contributed by atoms with Crippen molar-refractivity contribution in [2.45, 2.75) is 18.2 Å². The summed E-state index contributed by atoms with van der Waals surface area (Å²) in [6, 6.07) is 15.5. The molecule has 0 bridgehead atoms. The molecule has 202 valence electrons. The van der Waals surface area contributed by atoms with Crippen molar-refractivity contribution in [3.05, 3.63) is 88.2 Å². The molecule has 3 aromatic rings. The molecule has 0 aromatic heterocycles. The highest BCUT2D eigenvalue weighted by molar-refractivity contribution is 7.84. The van der Waals surface area contributed by atoms with Crippen molar-refractivity contribution in [1.82, 2.24) is 5.43 Å². The van der Waals surface area contributed by atoms with Gasteiger partial charge in [-0.1, -0.05) is 18.2 Å². The topological polar surface area (TPSA) is 86.2 Å². The van der Waals surface area contributed by atoms with E-state index in [0.29, 0.717) is 28.4 Å². The number of carbonyl (C=O) groups is 1. The minimum Gasteiger partial charge on any atom is -0.493 e. The molecule has 1 atom stereocenters. The largest absolute Gasteiger partial charge is 0.493 e. The number of nitrogens with zero attached hydrogens (tertiary/aromatic N) is 1. The number of hydrogen-bond donors (Lipinski definition) is 1. The Labute approximate surface area is 229 Å². The molecule has 7 nitrogen and oxygen atoms in total. The molecule has 9 heteroatoms. The molecule has 1 N–H and O–H groups in total. The molecule has 1 amide bonds. The minimum absolute atomic E-state index is 0.00773. The number of methoxy groups -OCH3 is 3. The molecule has 0 heterocycles. The zero-order valence-corrected chi connectivity index (χ0v) is 23.1. The first-order valence-electron chi connectivity index (χ1n) is 12.0. The molecular formula is C30H29FN2O5S. The summed E-state index contributed by atoms with van der Waals surface area (Å²) in [5.74, 6) is 0.602. The summed E-state index contributed by atoms with van der Waals surface area (Å²) in [5.41, 5.74) is 8.06. The second kappa shape index (κ2) is 12.1. The van der Waals surface area contributed by atoms with E-state index in [-0.39, 0.29) is 18.1 Å². The Morgan fingerprint density at radius 1 is 0.974 bits per heavy atom. The van der Waals surface area contributed by atoms with Crippen LogP contribution in [0.4, 0.5) is 4.39 Å². The molecule has 1 aliphatic rings. The molecule has 4 rings (SSSR count). The zero-order valence-electron chi connectivity index (χ0n) is 22.3. The first-order valence-corrected chi connectivity index (χ1v) is 13.6. The lowest BCUT2D eigenvalue weighted by molar-refractivity contribution is -0.120. The maximum Gasteiger partial charge on any atom is 0.244 e. The van der Waals surface area contributed by atoms with E-state index in [4.69, 9.17) is 14.2 Å². The van der Waals surface area contributed by atoms with Gasteiger partial charge in [-0.15, -0.1) is 0 Å². The van der Waals surface area contributed by atoms with Crippen molar-refractivity contribution in [2.24, 2.45) is 5.10 Å². The Balaban J connectivity index is 1.58. The highest BCUT2D eigenvalue weighted by Gasteiger charge is 2.26. The summed E-state index contributed by atoms with van der Waals surface area (Å²) in [5, 5.41) is 4.09. The third-order valence-electron chi connectivity index (χ3n) is 6.44. The lowest BCUT2D eigenvalue weighted by Crippen LogP contribution is -2.17. The molecule has 1 unspecified atom stereocenters. The van der Waals surface area contributed by atoms with E-state index in [1.54, 1.807) is 24.5 Å². The molecule has 1 aliphatic carbocycles. The summed E-state index contributed by atoms with van der Waals surface area (Å²) in [4.78, 5) is 13.6. The number of rotatable bonds is 9. The normalized spacial score (nSPS) is 14.5. The van der Waals surface area contributed by atoms with Gasteiger partial charge in [0.25, 0.3) is 0 Å². The molecular weight excluding hydrogens is 519 g/mol. The summed E-state index contributed by atoms with van der Waals surface area (Å²) in [6.07, 6.45) is 5.09. The Morgan fingerprint density at radius 3 is 2.33 bits per heavy atom. The van der Waals surface area contributed by atoms with Crippen LogP contribution in [0.25, 0.3) is 17.2 Å². The van der Waals surface area contributed by atoms with Crippen LogP contribution in [0.2, 0.25) is 0 Å². The van der Waals surface area contributed by atoms with Crippen LogP contribution >= 0.6 is 0 Å². The van der Waals surface area contributed by atoms with E-state index in [2.05, 4.69) is 10.5 Å². The molecule has 0 fully saturated rings. The average Bonchev–Trinajstić information content (AvgIpc) is 3.17. The number of carbonyl (C=O) groups excluding carboxylic acids is 1. The highest BCUT2D eigenvalue weighted by atomic mass is 32.2. The number of allylic oxidation sites excluding steroid dienone is 2. The van der Waals surface area contributed by atoms with E-state index in [1.807, 2.05) is 37.3 Å².